The Morgan fingerprint density at radius 1 is 1.06 bits per heavy atom. The van der Waals surface area contributed by atoms with E-state index in [1.807, 2.05) is 30.3 Å². The lowest BCUT2D eigenvalue weighted by Gasteiger charge is -2.06. The number of H-pyrrole nitrogens is 1. The summed E-state index contributed by atoms with van der Waals surface area (Å²) in [5, 5.41) is 10.8. The number of nitrogens with one attached hydrogen (secondary N) is 1. The number of benzene rings is 1. The Hall–Kier alpha value is -1.72. The maximum absolute atomic E-state index is 5.41. The predicted molar refractivity (Wildman–Crippen MR) is 56.5 cm³/mol. The van der Waals surface area contributed by atoms with Gasteiger partial charge in [-0.2, -0.15) is 15.4 Å². The summed E-state index contributed by atoms with van der Waals surface area (Å²) in [5.41, 5.74) is 2.50. The van der Waals surface area contributed by atoms with Gasteiger partial charge >= 0.3 is 0 Å². The molecule has 1 N–H and O–H groups in total. The van der Waals surface area contributed by atoms with Gasteiger partial charge in [0, 0.05) is 5.56 Å². The summed E-state index contributed by atoms with van der Waals surface area (Å²) >= 11 is 0. The van der Waals surface area contributed by atoms with E-state index in [0.717, 1.165) is 11.3 Å². The van der Waals surface area contributed by atoms with Gasteiger partial charge < -0.3 is 9.47 Å². The van der Waals surface area contributed by atoms with Crippen LogP contribution in [-0.2, 0) is 9.47 Å². The molecule has 0 unspecified atom stereocenters. The van der Waals surface area contributed by atoms with Gasteiger partial charge in [-0.15, -0.1) is 0 Å². The molecule has 0 spiro atoms. The zero-order valence-electron chi connectivity index (χ0n) is 8.59. The SMILES string of the molecule is c1ccc(-c2n[nH]nc2C2OCCO2)cc1. The molecular formula is C11H11N3O2. The molecule has 1 aromatic heterocycles. The molecule has 1 fully saturated rings. The molecule has 5 nitrogen and oxygen atoms in total. The molecule has 5 heteroatoms. The van der Waals surface area contributed by atoms with E-state index in [4.69, 9.17) is 9.47 Å². The fraction of sp³-hybridized carbons (Fsp3) is 0.273. The number of rotatable bonds is 2. The van der Waals surface area contributed by atoms with E-state index in [9.17, 15) is 0 Å². The van der Waals surface area contributed by atoms with Gasteiger partial charge in [0.15, 0.2) is 0 Å². The van der Waals surface area contributed by atoms with Gasteiger partial charge in [0.1, 0.15) is 11.4 Å². The van der Waals surface area contributed by atoms with Gasteiger partial charge in [-0.1, -0.05) is 30.3 Å². The quantitative estimate of drug-likeness (QED) is 0.828. The van der Waals surface area contributed by atoms with Crippen molar-refractivity contribution in [2.45, 2.75) is 6.29 Å². The Labute approximate surface area is 92.4 Å². The van der Waals surface area contributed by atoms with E-state index < -0.39 is 6.29 Å². The van der Waals surface area contributed by atoms with Crippen LogP contribution in [0.4, 0.5) is 0 Å². The topological polar surface area (TPSA) is 60.0 Å². The summed E-state index contributed by atoms with van der Waals surface area (Å²) in [6.45, 7) is 1.21. The average molecular weight is 217 g/mol. The van der Waals surface area contributed by atoms with E-state index in [1.165, 1.54) is 0 Å². The van der Waals surface area contributed by atoms with Crippen LogP contribution in [0.3, 0.4) is 0 Å². The van der Waals surface area contributed by atoms with Crippen LogP contribution in [0.5, 0.6) is 0 Å². The Balaban J connectivity index is 1.99. The first-order valence-electron chi connectivity index (χ1n) is 5.14. The van der Waals surface area contributed by atoms with Crippen LogP contribution in [0.25, 0.3) is 11.3 Å². The smallest absolute Gasteiger partial charge is 0.205 e. The van der Waals surface area contributed by atoms with Crippen molar-refractivity contribution >= 4 is 0 Å². The molecule has 0 atom stereocenters. The molecule has 16 heavy (non-hydrogen) atoms. The van der Waals surface area contributed by atoms with E-state index in [0.29, 0.717) is 18.9 Å². The molecule has 82 valence electrons. The third kappa shape index (κ3) is 1.60. The molecule has 1 saturated heterocycles. The molecule has 2 heterocycles. The summed E-state index contributed by atoms with van der Waals surface area (Å²) in [5.74, 6) is 0. The highest BCUT2D eigenvalue weighted by Gasteiger charge is 2.25. The lowest BCUT2D eigenvalue weighted by Crippen LogP contribution is -2.00. The standard InChI is InChI=1S/C11H11N3O2/c1-2-4-8(5-3-1)9-10(13-14-12-9)11-15-6-7-16-11/h1-5,11H,6-7H2,(H,12,13,14). The Morgan fingerprint density at radius 3 is 2.56 bits per heavy atom. The molecule has 1 aliphatic rings. The minimum Gasteiger partial charge on any atom is -0.345 e. The monoisotopic (exact) mass is 217 g/mol. The lowest BCUT2D eigenvalue weighted by molar-refractivity contribution is -0.0469. The molecule has 0 bridgehead atoms. The Kier molecular flexibility index (Phi) is 2.40. The summed E-state index contributed by atoms with van der Waals surface area (Å²) in [7, 11) is 0. The van der Waals surface area contributed by atoms with Crippen molar-refractivity contribution in [3.05, 3.63) is 36.0 Å². The third-order valence-corrected chi connectivity index (χ3v) is 2.47. The van der Waals surface area contributed by atoms with Crippen molar-refractivity contribution < 1.29 is 9.47 Å². The largest absolute Gasteiger partial charge is 0.345 e. The summed E-state index contributed by atoms with van der Waals surface area (Å²) in [6.07, 6.45) is -0.394. The summed E-state index contributed by atoms with van der Waals surface area (Å²) in [4.78, 5) is 0. The number of aromatic nitrogens is 3. The molecule has 0 radical (unpaired) electrons. The zero-order valence-corrected chi connectivity index (χ0v) is 8.59. The highest BCUT2D eigenvalue weighted by molar-refractivity contribution is 5.61. The van der Waals surface area contributed by atoms with Crippen molar-refractivity contribution in [2.75, 3.05) is 13.2 Å². The van der Waals surface area contributed by atoms with E-state index in [1.54, 1.807) is 0 Å². The summed E-state index contributed by atoms with van der Waals surface area (Å²) < 4.78 is 10.8. The van der Waals surface area contributed by atoms with Crippen molar-refractivity contribution in [3.63, 3.8) is 0 Å². The predicted octanol–water partition coefficient (Wildman–Crippen LogP) is 1.52. The van der Waals surface area contributed by atoms with Crippen LogP contribution in [-0.4, -0.2) is 28.6 Å². The first-order valence-corrected chi connectivity index (χ1v) is 5.14. The van der Waals surface area contributed by atoms with E-state index in [2.05, 4.69) is 15.4 Å². The first kappa shape index (κ1) is 9.50. The van der Waals surface area contributed by atoms with Gasteiger partial charge in [-0.05, 0) is 0 Å². The normalized spacial score (nSPS) is 16.8. The highest BCUT2D eigenvalue weighted by atomic mass is 16.7. The van der Waals surface area contributed by atoms with Gasteiger partial charge in [0.2, 0.25) is 6.29 Å². The van der Waals surface area contributed by atoms with E-state index in [-0.39, 0.29) is 0 Å². The molecule has 2 aromatic rings. The van der Waals surface area contributed by atoms with Gasteiger partial charge in [-0.25, -0.2) is 0 Å². The fourth-order valence-electron chi connectivity index (χ4n) is 1.73. The molecule has 0 saturated carbocycles. The molecule has 1 aliphatic heterocycles. The average Bonchev–Trinajstić information content (AvgIpc) is 3.01. The van der Waals surface area contributed by atoms with Crippen LogP contribution in [0, 0.1) is 0 Å². The Morgan fingerprint density at radius 2 is 1.81 bits per heavy atom. The van der Waals surface area contributed by atoms with Crippen molar-refractivity contribution in [2.24, 2.45) is 0 Å². The van der Waals surface area contributed by atoms with Gasteiger partial charge in [-0.3, -0.25) is 0 Å². The molecule has 1 aromatic carbocycles. The van der Waals surface area contributed by atoms with E-state index >= 15 is 0 Å². The van der Waals surface area contributed by atoms with Crippen LogP contribution in [0.15, 0.2) is 30.3 Å². The zero-order chi connectivity index (χ0) is 10.8. The van der Waals surface area contributed by atoms with Crippen LogP contribution in [0.1, 0.15) is 12.0 Å². The minimum atomic E-state index is -0.394. The van der Waals surface area contributed by atoms with Crippen molar-refractivity contribution in [3.8, 4) is 11.3 Å². The summed E-state index contributed by atoms with van der Waals surface area (Å²) in [6, 6.07) is 9.85. The number of ether oxygens (including phenoxy) is 2. The minimum absolute atomic E-state index is 0.394. The molecule has 0 aliphatic carbocycles. The second kappa shape index (κ2) is 4.03. The number of hydrogen-bond acceptors (Lipinski definition) is 4. The third-order valence-electron chi connectivity index (χ3n) is 2.47. The Bertz CT molecular complexity index is 463. The molecular weight excluding hydrogens is 206 g/mol. The maximum Gasteiger partial charge on any atom is 0.205 e. The highest BCUT2D eigenvalue weighted by Crippen LogP contribution is 2.29. The maximum atomic E-state index is 5.41. The lowest BCUT2D eigenvalue weighted by atomic mass is 10.1. The van der Waals surface area contributed by atoms with Crippen LogP contribution < -0.4 is 0 Å². The number of hydrogen-bond donors (Lipinski definition) is 1. The van der Waals surface area contributed by atoms with Crippen molar-refractivity contribution in [1.29, 1.82) is 0 Å². The van der Waals surface area contributed by atoms with Crippen molar-refractivity contribution in [1.82, 2.24) is 15.4 Å². The first-order chi connectivity index (χ1) is 7.95. The molecule has 0 amide bonds. The van der Waals surface area contributed by atoms with Crippen LogP contribution >= 0.6 is 0 Å². The van der Waals surface area contributed by atoms with Gasteiger partial charge in [0.05, 0.1) is 13.2 Å². The number of nitrogens with zero attached hydrogens (tertiary/aromatic N) is 2. The van der Waals surface area contributed by atoms with Crippen LogP contribution in [0.2, 0.25) is 0 Å². The second-order valence-corrected chi connectivity index (χ2v) is 3.50. The number of aromatic amines is 1. The molecule has 3 rings (SSSR count). The van der Waals surface area contributed by atoms with Gasteiger partial charge in [0.25, 0.3) is 0 Å². The fourth-order valence-corrected chi connectivity index (χ4v) is 1.73. The second-order valence-electron chi connectivity index (χ2n) is 3.50.